The van der Waals surface area contributed by atoms with E-state index < -0.39 is 5.60 Å². The summed E-state index contributed by atoms with van der Waals surface area (Å²) in [6.45, 7) is 0.684. The van der Waals surface area contributed by atoms with Crippen LogP contribution in [0.25, 0.3) is 0 Å². The Labute approximate surface area is 86.9 Å². The second kappa shape index (κ2) is 3.82. The third-order valence-electron chi connectivity index (χ3n) is 4.62. The molecule has 0 aromatic heterocycles. The van der Waals surface area contributed by atoms with E-state index in [1.807, 2.05) is 0 Å². The number of nitrogens with two attached hydrogens (primary N) is 1. The largest absolute Gasteiger partial charge is 0.389 e. The highest BCUT2D eigenvalue weighted by atomic mass is 16.3. The maximum Gasteiger partial charge on any atom is 0.0715 e. The van der Waals surface area contributed by atoms with Crippen LogP contribution in [-0.2, 0) is 0 Å². The molecule has 14 heavy (non-hydrogen) atoms. The summed E-state index contributed by atoms with van der Waals surface area (Å²) in [5, 5.41) is 10.5. The molecule has 0 bridgehead atoms. The van der Waals surface area contributed by atoms with E-state index in [4.69, 9.17) is 5.73 Å². The van der Waals surface area contributed by atoms with Crippen molar-refractivity contribution in [3.05, 3.63) is 0 Å². The molecular weight excluding hydrogens is 174 g/mol. The van der Waals surface area contributed by atoms with Gasteiger partial charge < -0.3 is 10.8 Å². The summed E-state index contributed by atoms with van der Waals surface area (Å²) in [4.78, 5) is 0. The van der Waals surface area contributed by atoms with Gasteiger partial charge in [0, 0.05) is 12.0 Å². The van der Waals surface area contributed by atoms with Crippen LogP contribution < -0.4 is 5.73 Å². The molecule has 2 aliphatic carbocycles. The molecule has 2 saturated carbocycles. The summed E-state index contributed by atoms with van der Waals surface area (Å²) in [7, 11) is 0. The van der Waals surface area contributed by atoms with Crippen molar-refractivity contribution in [1.82, 2.24) is 0 Å². The first kappa shape index (κ1) is 10.4. The normalized spacial score (nSPS) is 30.4. The van der Waals surface area contributed by atoms with Crippen molar-refractivity contribution in [1.29, 1.82) is 0 Å². The van der Waals surface area contributed by atoms with Gasteiger partial charge in [0.25, 0.3) is 0 Å². The van der Waals surface area contributed by atoms with Gasteiger partial charge in [0.15, 0.2) is 0 Å². The molecule has 2 heteroatoms. The second-order valence-corrected chi connectivity index (χ2v) is 5.28. The topological polar surface area (TPSA) is 46.2 Å². The molecule has 82 valence electrons. The quantitative estimate of drug-likeness (QED) is 0.667. The Hall–Kier alpha value is -0.0800. The van der Waals surface area contributed by atoms with Gasteiger partial charge in [-0.3, -0.25) is 0 Å². The molecular formula is C12H23NO. The molecule has 0 radical (unpaired) electrons. The van der Waals surface area contributed by atoms with Gasteiger partial charge in [-0.25, -0.2) is 0 Å². The second-order valence-electron chi connectivity index (χ2n) is 5.28. The van der Waals surface area contributed by atoms with Gasteiger partial charge in [-0.15, -0.1) is 0 Å². The fourth-order valence-corrected chi connectivity index (χ4v) is 3.31. The predicted molar refractivity (Wildman–Crippen MR) is 58.0 cm³/mol. The molecule has 2 rings (SSSR count). The smallest absolute Gasteiger partial charge is 0.0715 e. The molecule has 3 N–H and O–H groups in total. The standard InChI is InChI=1S/C12H23NO/c13-10-11(12(14)8-5-9-12)6-3-1-2-4-7-11/h14H,1-10,13H2. The van der Waals surface area contributed by atoms with E-state index in [0.29, 0.717) is 6.54 Å². The molecule has 2 nitrogen and oxygen atoms in total. The summed E-state index contributed by atoms with van der Waals surface area (Å²) >= 11 is 0. The van der Waals surface area contributed by atoms with Crippen LogP contribution in [0.3, 0.4) is 0 Å². The molecule has 0 spiro atoms. The average Bonchev–Trinajstić information content (AvgIpc) is 2.40. The van der Waals surface area contributed by atoms with Crippen LogP contribution in [0.1, 0.15) is 57.8 Å². The first-order valence-electron chi connectivity index (χ1n) is 6.15. The summed E-state index contributed by atoms with van der Waals surface area (Å²) in [6, 6.07) is 0. The Kier molecular flexibility index (Phi) is 2.85. The van der Waals surface area contributed by atoms with E-state index in [0.717, 1.165) is 25.7 Å². The van der Waals surface area contributed by atoms with E-state index >= 15 is 0 Å². The molecule has 0 aliphatic heterocycles. The predicted octanol–water partition coefficient (Wildman–Crippen LogP) is 2.20. The van der Waals surface area contributed by atoms with Crippen molar-refractivity contribution in [3.8, 4) is 0 Å². The first-order chi connectivity index (χ1) is 6.72. The molecule has 2 fully saturated rings. The number of hydrogen-bond acceptors (Lipinski definition) is 2. The van der Waals surface area contributed by atoms with Gasteiger partial charge in [-0.05, 0) is 32.1 Å². The van der Waals surface area contributed by atoms with Crippen LogP contribution in [0.5, 0.6) is 0 Å². The summed E-state index contributed by atoms with van der Waals surface area (Å²) < 4.78 is 0. The Morgan fingerprint density at radius 3 is 1.79 bits per heavy atom. The van der Waals surface area contributed by atoms with Gasteiger partial charge in [0.1, 0.15) is 0 Å². The molecule has 0 unspecified atom stereocenters. The average molecular weight is 197 g/mol. The van der Waals surface area contributed by atoms with E-state index in [2.05, 4.69) is 0 Å². The molecule has 0 atom stereocenters. The maximum atomic E-state index is 10.5. The zero-order valence-electron chi connectivity index (χ0n) is 9.10. The van der Waals surface area contributed by atoms with Crippen molar-refractivity contribution in [2.75, 3.05) is 6.54 Å². The molecule has 0 saturated heterocycles. The first-order valence-corrected chi connectivity index (χ1v) is 6.15. The van der Waals surface area contributed by atoms with E-state index in [1.54, 1.807) is 0 Å². The van der Waals surface area contributed by atoms with Crippen LogP contribution in [-0.4, -0.2) is 17.3 Å². The molecule has 0 amide bonds. The monoisotopic (exact) mass is 197 g/mol. The van der Waals surface area contributed by atoms with Crippen molar-refractivity contribution in [3.63, 3.8) is 0 Å². The fourth-order valence-electron chi connectivity index (χ4n) is 3.31. The maximum absolute atomic E-state index is 10.5. The van der Waals surface area contributed by atoms with Gasteiger partial charge in [0.2, 0.25) is 0 Å². The van der Waals surface area contributed by atoms with Crippen LogP contribution >= 0.6 is 0 Å². The minimum Gasteiger partial charge on any atom is -0.389 e. The lowest BCUT2D eigenvalue weighted by Gasteiger charge is -2.52. The lowest BCUT2D eigenvalue weighted by molar-refractivity contribution is -0.143. The zero-order chi connectivity index (χ0) is 10.1. The number of hydrogen-bond donors (Lipinski definition) is 2. The number of aliphatic hydroxyl groups is 1. The highest BCUT2D eigenvalue weighted by molar-refractivity contribution is 5.04. The third kappa shape index (κ3) is 1.49. The lowest BCUT2D eigenvalue weighted by Crippen LogP contribution is -2.56. The van der Waals surface area contributed by atoms with Gasteiger partial charge in [-0.1, -0.05) is 25.7 Å². The van der Waals surface area contributed by atoms with Crippen LogP contribution in [0, 0.1) is 5.41 Å². The Morgan fingerprint density at radius 2 is 1.43 bits per heavy atom. The van der Waals surface area contributed by atoms with E-state index in [9.17, 15) is 5.11 Å². The Bertz CT molecular complexity index is 190. The van der Waals surface area contributed by atoms with Gasteiger partial charge in [-0.2, -0.15) is 0 Å². The van der Waals surface area contributed by atoms with Crippen molar-refractivity contribution in [2.24, 2.45) is 11.1 Å². The fraction of sp³-hybridized carbons (Fsp3) is 1.00. The van der Waals surface area contributed by atoms with E-state index in [1.165, 1.54) is 32.1 Å². The van der Waals surface area contributed by atoms with Crippen molar-refractivity contribution in [2.45, 2.75) is 63.4 Å². The van der Waals surface area contributed by atoms with Gasteiger partial charge in [0.05, 0.1) is 5.60 Å². The zero-order valence-corrected chi connectivity index (χ0v) is 9.10. The summed E-state index contributed by atoms with van der Waals surface area (Å²) in [5.41, 5.74) is 5.62. The van der Waals surface area contributed by atoms with Gasteiger partial charge >= 0.3 is 0 Å². The van der Waals surface area contributed by atoms with Crippen LogP contribution in [0.2, 0.25) is 0 Å². The van der Waals surface area contributed by atoms with Crippen molar-refractivity contribution >= 4 is 0 Å². The highest BCUT2D eigenvalue weighted by Crippen LogP contribution is 2.52. The number of rotatable bonds is 2. The third-order valence-corrected chi connectivity index (χ3v) is 4.62. The lowest BCUT2D eigenvalue weighted by atomic mass is 9.58. The molecule has 0 heterocycles. The Balaban J connectivity index is 2.13. The van der Waals surface area contributed by atoms with Crippen LogP contribution in [0.4, 0.5) is 0 Å². The highest BCUT2D eigenvalue weighted by Gasteiger charge is 2.52. The minimum atomic E-state index is -0.397. The van der Waals surface area contributed by atoms with E-state index in [-0.39, 0.29) is 5.41 Å². The molecule has 0 aromatic carbocycles. The van der Waals surface area contributed by atoms with Crippen molar-refractivity contribution < 1.29 is 5.11 Å². The molecule has 0 aromatic rings. The summed E-state index contributed by atoms with van der Waals surface area (Å²) in [5.74, 6) is 0. The minimum absolute atomic E-state index is 0.0712. The summed E-state index contributed by atoms with van der Waals surface area (Å²) in [6.07, 6.45) is 10.7. The SMILES string of the molecule is NCC1(C2(O)CCC2)CCCCCC1. The van der Waals surface area contributed by atoms with Crippen LogP contribution in [0.15, 0.2) is 0 Å². The molecule has 2 aliphatic rings. The Morgan fingerprint density at radius 1 is 0.857 bits per heavy atom.